The molecule has 1 heterocycles. The summed E-state index contributed by atoms with van der Waals surface area (Å²) in [6, 6.07) is 0. The SMILES string of the molecule is COC(C1CCCC1)C1CCNCC1. The second-order valence-electron chi connectivity index (χ2n) is 4.83. The zero-order chi connectivity index (χ0) is 9.80. The summed E-state index contributed by atoms with van der Waals surface area (Å²) in [5, 5.41) is 3.43. The molecular weight excluding hydrogens is 174 g/mol. The van der Waals surface area contributed by atoms with Crippen molar-refractivity contribution in [3.05, 3.63) is 0 Å². The Bertz CT molecular complexity index is 160. The first-order valence-corrected chi connectivity index (χ1v) is 6.15. The fourth-order valence-corrected chi connectivity index (χ4v) is 3.23. The van der Waals surface area contributed by atoms with E-state index in [1.54, 1.807) is 0 Å². The summed E-state index contributed by atoms with van der Waals surface area (Å²) in [4.78, 5) is 0. The van der Waals surface area contributed by atoms with Crippen LogP contribution in [0.3, 0.4) is 0 Å². The predicted molar refractivity (Wildman–Crippen MR) is 58.3 cm³/mol. The second kappa shape index (κ2) is 5.13. The van der Waals surface area contributed by atoms with Gasteiger partial charge in [-0.05, 0) is 50.6 Å². The van der Waals surface area contributed by atoms with Gasteiger partial charge in [-0.2, -0.15) is 0 Å². The molecule has 1 unspecified atom stereocenters. The molecule has 1 N–H and O–H groups in total. The molecule has 0 bridgehead atoms. The van der Waals surface area contributed by atoms with Crippen LogP contribution in [0.25, 0.3) is 0 Å². The second-order valence-corrected chi connectivity index (χ2v) is 4.83. The van der Waals surface area contributed by atoms with Crippen LogP contribution in [0.1, 0.15) is 38.5 Å². The lowest BCUT2D eigenvalue weighted by atomic mass is 9.84. The van der Waals surface area contributed by atoms with Crippen LogP contribution in [-0.2, 0) is 4.74 Å². The molecule has 2 nitrogen and oxygen atoms in total. The van der Waals surface area contributed by atoms with Gasteiger partial charge in [-0.15, -0.1) is 0 Å². The van der Waals surface area contributed by atoms with Crippen molar-refractivity contribution in [3.63, 3.8) is 0 Å². The average molecular weight is 197 g/mol. The minimum absolute atomic E-state index is 0.555. The maximum absolute atomic E-state index is 5.75. The fourth-order valence-electron chi connectivity index (χ4n) is 3.23. The highest BCUT2D eigenvalue weighted by Gasteiger charge is 2.31. The smallest absolute Gasteiger partial charge is 0.0628 e. The topological polar surface area (TPSA) is 21.3 Å². The number of methoxy groups -OCH3 is 1. The number of piperidine rings is 1. The van der Waals surface area contributed by atoms with Crippen molar-refractivity contribution in [2.75, 3.05) is 20.2 Å². The van der Waals surface area contributed by atoms with E-state index in [0.717, 1.165) is 11.8 Å². The van der Waals surface area contributed by atoms with E-state index >= 15 is 0 Å². The van der Waals surface area contributed by atoms with E-state index in [9.17, 15) is 0 Å². The van der Waals surface area contributed by atoms with Crippen molar-refractivity contribution in [1.29, 1.82) is 0 Å². The Hall–Kier alpha value is -0.0800. The van der Waals surface area contributed by atoms with E-state index in [-0.39, 0.29) is 0 Å². The molecule has 14 heavy (non-hydrogen) atoms. The van der Waals surface area contributed by atoms with E-state index in [2.05, 4.69) is 5.32 Å². The highest BCUT2D eigenvalue weighted by molar-refractivity contribution is 4.84. The minimum atomic E-state index is 0.555. The van der Waals surface area contributed by atoms with Gasteiger partial charge in [-0.3, -0.25) is 0 Å². The summed E-state index contributed by atoms with van der Waals surface area (Å²) in [6.07, 6.45) is 8.85. The largest absolute Gasteiger partial charge is 0.381 e. The zero-order valence-electron chi connectivity index (χ0n) is 9.30. The third-order valence-corrected chi connectivity index (χ3v) is 3.99. The molecule has 0 amide bonds. The molecule has 2 aliphatic rings. The van der Waals surface area contributed by atoms with Crippen molar-refractivity contribution in [1.82, 2.24) is 5.32 Å². The Labute approximate surface area is 87.4 Å². The highest BCUT2D eigenvalue weighted by Crippen LogP contribution is 2.34. The first kappa shape index (κ1) is 10.4. The molecule has 2 fully saturated rings. The van der Waals surface area contributed by atoms with Gasteiger partial charge in [0.25, 0.3) is 0 Å². The molecular formula is C12H23NO. The molecule has 0 aromatic heterocycles. The normalized spacial score (nSPS) is 28.1. The molecule has 0 spiro atoms. The Balaban J connectivity index is 1.89. The molecule has 0 aromatic carbocycles. The van der Waals surface area contributed by atoms with Crippen molar-refractivity contribution in [3.8, 4) is 0 Å². The maximum atomic E-state index is 5.75. The van der Waals surface area contributed by atoms with Gasteiger partial charge in [-0.25, -0.2) is 0 Å². The molecule has 1 atom stereocenters. The Kier molecular flexibility index (Phi) is 3.82. The molecule has 2 rings (SSSR count). The summed E-state index contributed by atoms with van der Waals surface area (Å²) < 4.78 is 5.75. The fraction of sp³-hybridized carbons (Fsp3) is 1.00. The van der Waals surface area contributed by atoms with Gasteiger partial charge >= 0.3 is 0 Å². The molecule has 82 valence electrons. The minimum Gasteiger partial charge on any atom is -0.381 e. The number of rotatable bonds is 3. The van der Waals surface area contributed by atoms with E-state index < -0.39 is 0 Å². The summed E-state index contributed by atoms with van der Waals surface area (Å²) in [7, 11) is 1.91. The van der Waals surface area contributed by atoms with E-state index in [1.807, 2.05) is 7.11 Å². The standard InChI is InChI=1S/C12H23NO/c1-14-12(10-4-2-3-5-10)11-6-8-13-9-7-11/h10-13H,2-9H2,1H3. The number of nitrogens with one attached hydrogen (secondary N) is 1. The van der Waals surface area contributed by atoms with Gasteiger partial charge in [0.15, 0.2) is 0 Å². The third-order valence-electron chi connectivity index (χ3n) is 3.99. The van der Waals surface area contributed by atoms with Crippen LogP contribution >= 0.6 is 0 Å². The van der Waals surface area contributed by atoms with Crippen molar-refractivity contribution < 1.29 is 4.74 Å². The van der Waals surface area contributed by atoms with E-state index in [4.69, 9.17) is 4.74 Å². The molecule has 0 aromatic rings. The van der Waals surface area contributed by atoms with Gasteiger partial charge in [0.05, 0.1) is 6.10 Å². The number of ether oxygens (including phenoxy) is 1. The van der Waals surface area contributed by atoms with Gasteiger partial charge < -0.3 is 10.1 Å². The van der Waals surface area contributed by atoms with Crippen LogP contribution in [0.2, 0.25) is 0 Å². The van der Waals surface area contributed by atoms with Crippen molar-refractivity contribution in [2.24, 2.45) is 11.8 Å². The summed E-state index contributed by atoms with van der Waals surface area (Å²) in [6.45, 7) is 2.38. The zero-order valence-corrected chi connectivity index (χ0v) is 9.30. The van der Waals surface area contributed by atoms with Gasteiger partial charge in [0.1, 0.15) is 0 Å². The monoisotopic (exact) mass is 197 g/mol. The quantitative estimate of drug-likeness (QED) is 0.749. The highest BCUT2D eigenvalue weighted by atomic mass is 16.5. The van der Waals surface area contributed by atoms with Crippen LogP contribution in [0.4, 0.5) is 0 Å². The molecule has 1 saturated heterocycles. The lowest BCUT2D eigenvalue weighted by Gasteiger charge is -2.33. The van der Waals surface area contributed by atoms with E-state index in [0.29, 0.717) is 6.10 Å². The Morgan fingerprint density at radius 1 is 1.00 bits per heavy atom. The predicted octanol–water partition coefficient (Wildman–Crippen LogP) is 2.19. The van der Waals surface area contributed by atoms with Gasteiger partial charge in [-0.1, -0.05) is 12.8 Å². The Morgan fingerprint density at radius 2 is 1.57 bits per heavy atom. The molecule has 2 heteroatoms. The molecule has 0 radical (unpaired) electrons. The first-order chi connectivity index (χ1) is 6.92. The van der Waals surface area contributed by atoms with Crippen LogP contribution < -0.4 is 5.32 Å². The summed E-state index contributed by atoms with van der Waals surface area (Å²) >= 11 is 0. The average Bonchev–Trinajstić information content (AvgIpc) is 2.74. The molecule has 1 saturated carbocycles. The lowest BCUT2D eigenvalue weighted by Crippen LogP contribution is -2.38. The van der Waals surface area contributed by atoms with Crippen LogP contribution in [0.5, 0.6) is 0 Å². The summed E-state index contributed by atoms with van der Waals surface area (Å²) in [5.41, 5.74) is 0. The molecule has 1 aliphatic carbocycles. The molecule has 1 aliphatic heterocycles. The number of hydrogen-bond donors (Lipinski definition) is 1. The number of hydrogen-bond acceptors (Lipinski definition) is 2. The van der Waals surface area contributed by atoms with Crippen LogP contribution in [-0.4, -0.2) is 26.3 Å². The first-order valence-electron chi connectivity index (χ1n) is 6.15. The Morgan fingerprint density at radius 3 is 2.14 bits per heavy atom. The van der Waals surface area contributed by atoms with Crippen LogP contribution in [0, 0.1) is 11.8 Å². The van der Waals surface area contributed by atoms with Crippen molar-refractivity contribution >= 4 is 0 Å². The van der Waals surface area contributed by atoms with Crippen molar-refractivity contribution in [2.45, 2.75) is 44.6 Å². The summed E-state index contributed by atoms with van der Waals surface area (Å²) in [5.74, 6) is 1.69. The lowest BCUT2D eigenvalue weighted by molar-refractivity contribution is -0.00250. The third kappa shape index (κ3) is 2.29. The van der Waals surface area contributed by atoms with Crippen LogP contribution in [0.15, 0.2) is 0 Å². The van der Waals surface area contributed by atoms with E-state index in [1.165, 1.54) is 51.6 Å². The van der Waals surface area contributed by atoms with Gasteiger partial charge in [0.2, 0.25) is 0 Å². The van der Waals surface area contributed by atoms with Gasteiger partial charge in [0, 0.05) is 7.11 Å². The maximum Gasteiger partial charge on any atom is 0.0628 e.